The lowest BCUT2D eigenvalue weighted by Gasteiger charge is -2.20. The van der Waals surface area contributed by atoms with Gasteiger partial charge < -0.3 is 4.90 Å². The van der Waals surface area contributed by atoms with Gasteiger partial charge in [-0.15, -0.1) is 0 Å². The summed E-state index contributed by atoms with van der Waals surface area (Å²) in [4.78, 5) is 11.1. The van der Waals surface area contributed by atoms with Gasteiger partial charge in [0.1, 0.15) is 17.5 Å². The van der Waals surface area contributed by atoms with Crippen molar-refractivity contribution in [3.8, 4) is 11.4 Å². The van der Waals surface area contributed by atoms with E-state index in [-0.39, 0.29) is 11.4 Å². The molecule has 0 spiro atoms. The predicted octanol–water partition coefficient (Wildman–Crippen LogP) is 5.20. The Hall–Kier alpha value is -2.56. The molecule has 2 aromatic carbocycles. The van der Waals surface area contributed by atoms with Gasteiger partial charge in [-0.25, -0.2) is 18.7 Å². The van der Waals surface area contributed by atoms with Crippen LogP contribution in [0.25, 0.3) is 22.3 Å². The largest absolute Gasteiger partial charge is 0.359 e. The van der Waals surface area contributed by atoms with Gasteiger partial charge in [-0.3, -0.25) is 0 Å². The Kier molecular flexibility index (Phi) is 5.22. The van der Waals surface area contributed by atoms with Crippen LogP contribution in [0.2, 0.25) is 0 Å². The molecule has 0 saturated heterocycles. The summed E-state index contributed by atoms with van der Waals surface area (Å²) in [5.41, 5.74) is 0.948. The number of unbranched alkanes of at least 4 members (excludes halogenated alkanes) is 2. The van der Waals surface area contributed by atoms with E-state index in [1.165, 1.54) is 12.1 Å². The van der Waals surface area contributed by atoms with Gasteiger partial charge in [-0.2, -0.15) is 0 Å². The van der Waals surface area contributed by atoms with Gasteiger partial charge in [0.15, 0.2) is 5.82 Å². The van der Waals surface area contributed by atoms with Crippen LogP contribution >= 0.6 is 0 Å². The fraction of sp³-hybridized carbons (Fsp3) is 0.300. The van der Waals surface area contributed by atoms with Gasteiger partial charge in [-0.1, -0.05) is 31.9 Å². The van der Waals surface area contributed by atoms with Crippen molar-refractivity contribution in [2.75, 3.05) is 18.5 Å². The van der Waals surface area contributed by atoms with Crippen molar-refractivity contribution in [3.63, 3.8) is 0 Å². The molecule has 0 unspecified atom stereocenters. The number of hydrogen-bond acceptors (Lipinski definition) is 3. The van der Waals surface area contributed by atoms with Gasteiger partial charge in [-0.05, 0) is 30.7 Å². The molecule has 0 bridgehead atoms. The summed E-state index contributed by atoms with van der Waals surface area (Å²) in [6, 6.07) is 11.1. The van der Waals surface area contributed by atoms with Crippen molar-refractivity contribution in [2.24, 2.45) is 0 Å². The molecule has 25 heavy (non-hydrogen) atoms. The molecule has 5 heteroatoms. The van der Waals surface area contributed by atoms with Crippen molar-refractivity contribution in [1.29, 1.82) is 0 Å². The van der Waals surface area contributed by atoms with Gasteiger partial charge in [0, 0.05) is 25.0 Å². The third-order valence-corrected chi connectivity index (χ3v) is 4.21. The average Bonchev–Trinajstić information content (AvgIpc) is 2.61. The lowest BCUT2D eigenvalue weighted by atomic mass is 10.1. The van der Waals surface area contributed by atoms with E-state index < -0.39 is 11.6 Å². The second kappa shape index (κ2) is 7.55. The fourth-order valence-corrected chi connectivity index (χ4v) is 2.85. The topological polar surface area (TPSA) is 29.0 Å². The van der Waals surface area contributed by atoms with E-state index in [9.17, 15) is 8.78 Å². The molecule has 1 heterocycles. The van der Waals surface area contributed by atoms with Crippen LogP contribution in [-0.2, 0) is 0 Å². The number of rotatable bonds is 6. The van der Waals surface area contributed by atoms with Crippen molar-refractivity contribution < 1.29 is 8.78 Å². The normalized spacial score (nSPS) is 11.0. The van der Waals surface area contributed by atoms with Crippen molar-refractivity contribution in [1.82, 2.24) is 9.97 Å². The predicted molar refractivity (Wildman–Crippen MR) is 97.7 cm³/mol. The number of para-hydroxylation sites is 1. The molecule has 130 valence electrons. The van der Waals surface area contributed by atoms with E-state index in [1.54, 1.807) is 0 Å². The number of benzene rings is 2. The second-order valence-electron chi connectivity index (χ2n) is 6.14. The van der Waals surface area contributed by atoms with Gasteiger partial charge >= 0.3 is 0 Å². The quantitative estimate of drug-likeness (QED) is 0.577. The molecule has 3 nitrogen and oxygen atoms in total. The van der Waals surface area contributed by atoms with Crippen LogP contribution in [0.5, 0.6) is 0 Å². The molecule has 0 N–H and O–H groups in total. The summed E-state index contributed by atoms with van der Waals surface area (Å²) in [5, 5.41) is 0.924. The highest BCUT2D eigenvalue weighted by atomic mass is 19.1. The average molecular weight is 341 g/mol. The minimum Gasteiger partial charge on any atom is -0.359 e. The van der Waals surface area contributed by atoms with Crippen LogP contribution in [0.1, 0.15) is 26.2 Å². The molecule has 0 aliphatic carbocycles. The summed E-state index contributed by atoms with van der Waals surface area (Å²) in [6.07, 6.45) is 3.35. The molecule has 1 aromatic heterocycles. The van der Waals surface area contributed by atoms with Gasteiger partial charge in [0.05, 0.1) is 11.1 Å². The van der Waals surface area contributed by atoms with Crippen LogP contribution in [0.3, 0.4) is 0 Å². The first-order valence-corrected chi connectivity index (χ1v) is 8.53. The number of anilines is 1. The first-order chi connectivity index (χ1) is 12.1. The number of nitrogens with zero attached hydrogens (tertiary/aromatic N) is 3. The zero-order valence-electron chi connectivity index (χ0n) is 14.5. The van der Waals surface area contributed by atoms with Crippen LogP contribution < -0.4 is 4.90 Å². The first kappa shape index (κ1) is 17.3. The summed E-state index contributed by atoms with van der Waals surface area (Å²) in [7, 11) is 1.98. The molecule has 0 amide bonds. The molecule has 0 fully saturated rings. The summed E-state index contributed by atoms with van der Waals surface area (Å²) >= 11 is 0. The Morgan fingerprint density at radius 2 is 1.80 bits per heavy atom. The Bertz CT molecular complexity index is 880. The zero-order valence-corrected chi connectivity index (χ0v) is 14.5. The van der Waals surface area contributed by atoms with Gasteiger partial charge in [0.25, 0.3) is 0 Å². The summed E-state index contributed by atoms with van der Waals surface area (Å²) < 4.78 is 27.4. The number of aromatic nitrogens is 2. The van der Waals surface area contributed by atoms with Gasteiger partial charge in [0.2, 0.25) is 0 Å². The Morgan fingerprint density at radius 1 is 1.00 bits per heavy atom. The van der Waals surface area contributed by atoms with Crippen LogP contribution in [-0.4, -0.2) is 23.6 Å². The first-order valence-electron chi connectivity index (χ1n) is 8.53. The van der Waals surface area contributed by atoms with Crippen molar-refractivity contribution >= 4 is 16.7 Å². The third-order valence-electron chi connectivity index (χ3n) is 4.21. The van der Waals surface area contributed by atoms with E-state index in [2.05, 4.69) is 21.8 Å². The Labute approximate surface area is 146 Å². The monoisotopic (exact) mass is 341 g/mol. The van der Waals surface area contributed by atoms with Crippen molar-refractivity contribution in [2.45, 2.75) is 26.2 Å². The van der Waals surface area contributed by atoms with E-state index >= 15 is 0 Å². The van der Waals surface area contributed by atoms with E-state index in [0.717, 1.165) is 48.6 Å². The maximum Gasteiger partial charge on any atom is 0.165 e. The zero-order chi connectivity index (χ0) is 17.8. The maximum absolute atomic E-state index is 14.2. The molecular weight excluding hydrogens is 320 g/mol. The number of fused-ring (bicyclic) bond motifs is 1. The minimum absolute atomic E-state index is 0.204. The highest BCUT2D eigenvalue weighted by Crippen LogP contribution is 2.28. The maximum atomic E-state index is 14.2. The molecule has 3 rings (SSSR count). The standard InChI is InChI=1S/C20H21F2N3/c1-3-4-7-12-25(2)20-16-8-5-6-9-18(16)23-19(24-20)15-11-10-14(21)13-17(15)22/h5-6,8-11,13H,3-4,7,12H2,1-2H3. The molecule has 0 aliphatic heterocycles. The molecular formula is C20H21F2N3. The van der Waals surface area contributed by atoms with Crippen molar-refractivity contribution in [3.05, 3.63) is 54.1 Å². The smallest absolute Gasteiger partial charge is 0.165 e. The third kappa shape index (κ3) is 3.76. The molecule has 0 radical (unpaired) electrons. The second-order valence-corrected chi connectivity index (χ2v) is 6.14. The SMILES string of the molecule is CCCCCN(C)c1nc(-c2ccc(F)cc2F)nc2ccccc12. The fourth-order valence-electron chi connectivity index (χ4n) is 2.85. The summed E-state index contributed by atoms with van der Waals surface area (Å²) in [6.45, 7) is 3.02. The molecule has 0 atom stereocenters. The summed E-state index contributed by atoms with van der Waals surface area (Å²) in [5.74, 6) is -0.234. The van der Waals surface area contributed by atoms with E-state index in [0.29, 0.717) is 0 Å². The minimum atomic E-state index is -0.658. The van der Waals surface area contributed by atoms with E-state index in [4.69, 9.17) is 0 Å². The Balaban J connectivity index is 2.08. The van der Waals surface area contributed by atoms with Crippen LogP contribution in [0.4, 0.5) is 14.6 Å². The molecule has 0 saturated carbocycles. The molecule has 3 aromatic rings. The number of hydrogen-bond donors (Lipinski definition) is 0. The van der Waals surface area contributed by atoms with Crippen LogP contribution in [0, 0.1) is 11.6 Å². The Morgan fingerprint density at radius 3 is 2.56 bits per heavy atom. The lowest BCUT2D eigenvalue weighted by molar-refractivity contribution is 0.585. The van der Waals surface area contributed by atoms with Crippen LogP contribution in [0.15, 0.2) is 42.5 Å². The number of halogens is 2. The van der Waals surface area contributed by atoms with E-state index in [1.807, 2.05) is 31.3 Å². The highest BCUT2D eigenvalue weighted by molar-refractivity contribution is 5.91. The lowest BCUT2D eigenvalue weighted by Crippen LogP contribution is -2.20. The highest BCUT2D eigenvalue weighted by Gasteiger charge is 2.15. The molecule has 0 aliphatic rings.